The van der Waals surface area contributed by atoms with Crippen LogP contribution in [0.3, 0.4) is 0 Å². The van der Waals surface area contributed by atoms with Crippen LogP contribution in [-0.4, -0.2) is 29.0 Å². The Morgan fingerprint density at radius 1 is 1.69 bits per heavy atom. The topological polar surface area (TPSA) is 62.2 Å². The summed E-state index contributed by atoms with van der Waals surface area (Å²) in [5.41, 5.74) is -0.747. The van der Waals surface area contributed by atoms with E-state index in [2.05, 4.69) is 10.3 Å². The number of carboxylic acids is 1. The molecule has 1 aromatic rings. The number of halogens is 2. The molecule has 0 saturated heterocycles. The Morgan fingerprint density at radius 2 is 2.31 bits per heavy atom. The van der Waals surface area contributed by atoms with Crippen molar-refractivity contribution >= 4 is 22.4 Å². The molecule has 0 aliphatic heterocycles. The zero-order valence-electron chi connectivity index (χ0n) is 8.83. The maximum absolute atomic E-state index is 11.9. The lowest BCUT2D eigenvalue weighted by molar-refractivity contribution is -0.142. The van der Waals surface area contributed by atoms with Gasteiger partial charge in [-0.25, -0.2) is 13.8 Å². The molecule has 90 valence electrons. The highest BCUT2D eigenvalue weighted by atomic mass is 32.1. The predicted octanol–water partition coefficient (Wildman–Crippen LogP) is 2.18. The summed E-state index contributed by atoms with van der Waals surface area (Å²) < 4.78 is 23.8. The molecule has 1 aromatic heterocycles. The van der Waals surface area contributed by atoms with Crippen LogP contribution in [0.25, 0.3) is 0 Å². The number of nitrogens with zero attached hydrogens (tertiary/aromatic N) is 1. The average molecular weight is 250 g/mol. The van der Waals surface area contributed by atoms with Crippen molar-refractivity contribution in [1.82, 2.24) is 4.98 Å². The predicted molar refractivity (Wildman–Crippen MR) is 57.3 cm³/mol. The zero-order chi connectivity index (χ0) is 12.3. The van der Waals surface area contributed by atoms with Crippen LogP contribution in [0.2, 0.25) is 0 Å². The number of anilines is 1. The van der Waals surface area contributed by atoms with Crippen molar-refractivity contribution in [2.45, 2.75) is 25.7 Å². The van der Waals surface area contributed by atoms with E-state index in [1.165, 1.54) is 13.8 Å². The number of carboxylic acid groups (broad SMARTS) is 1. The molecular formula is C9H12F2N2O2S. The molecule has 0 radical (unpaired) electrons. The first-order chi connectivity index (χ1) is 7.34. The Balaban J connectivity index is 2.75. The van der Waals surface area contributed by atoms with Gasteiger partial charge in [0.2, 0.25) is 0 Å². The van der Waals surface area contributed by atoms with Crippen LogP contribution >= 0.6 is 11.3 Å². The van der Waals surface area contributed by atoms with Gasteiger partial charge in [0, 0.05) is 5.38 Å². The molecule has 2 N–H and O–H groups in total. The Morgan fingerprint density at radius 3 is 2.81 bits per heavy atom. The van der Waals surface area contributed by atoms with Crippen molar-refractivity contribution in [3.8, 4) is 0 Å². The largest absolute Gasteiger partial charge is 0.481 e. The second-order valence-electron chi connectivity index (χ2n) is 3.74. The third-order valence-corrected chi connectivity index (χ3v) is 2.89. The molecule has 0 fully saturated rings. The highest BCUT2D eigenvalue weighted by molar-refractivity contribution is 7.13. The first kappa shape index (κ1) is 12.8. The van der Waals surface area contributed by atoms with E-state index in [4.69, 9.17) is 5.11 Å². The summed E-state index contributed by atoms with van der Waals surface area (Å²) in [5, 5.41) is 13.3. The number of rotatable bonds is 5. The monoisotopic (exact) mass is 250 g/mol. The number of alkyl halides is 2. The third kappa shape index (κ3) is 2.88. The number of aliphatic carboxylic acids is 1. The molecule has 0 atom stereocenters. The maximum Gasteiger partial charge on any atom is 0.315 e. The normalized spacial score (nSPS) is 11.8. The van der Waals surface area contributed by atoms with Crippen LogP contribution in [0, 0.1) is 0 Å². The third-order valence-electron chi connectivity index (χ3n) is 2.09. The second kappa shape index (κ2) is 4.73. The summed E-state index contributed by atoms with van der Waals surface area (Å²) in [7, 11) is 0. The summed E-state index contributed by atoms with van der Waals surface area (Å²) in [6.07, 6.45) is -2.46. The summed E-state index contributed by atoms with van der Waals surface area (Å²) in [6, 6.07) is 0. The minimum Gasteiger partial charge on any atom is -0.481 e. The molecule has 4 nitrogen and oxygen atoms in total. The summed E-state index contributed by atoms with van der Waals surface area (Å²) >= 11 is 1.12. The van der Waals surface area contributed by atoms with Gasteiger partial charge >= 0.3 is 5.97 Å². The lowest BCUT2D eigenvalue weighted by Crippen LogP contribution is -2.28. The van der Waals surface area contributed by atoms with Crippen molar-refractivity contribution in [1.29, 1.82) is 0 Å². The van der Waals surface area contributed by atoms with E-state index in [1.54, 1.807) is 5.38 Å². The summed E-state index contributed by atoms with van der Waals surface area (Å²) in [4.78, 5) is 14.9. The minimum absolute atomic E-state index is 0.310. The van der Waals surface area contributed by atoms with E-state index in [9.17, 15) is 13.6 Å². The van der Waals surface area contributed by atoms with Gasteiger partial charge in [-0.3, -0.25) is 4.79 Å². The van der Waals surface area contributed by atoms with Crippen molar-refractivity contribution in [2.75, 3.05) is 11.9 Å². The van der Waals surface area contributed by atoms with Gasteiger partial charge in [0.1, 0.15) is 5.41 Å². The molecule has 0 aromatic carbocycles. The molecular weight excluding hydrogens is 238 g/mol. The molecule has 0 bridgehead atoms. The lowest BCUT2D eigenvalue weighted by Gasteiger charge is -2.15. The van der Waals surface area contributed by atoms with Crippen LogP contribution in [-0.2, 0) is 10.2 Å². The van der Waals surface area contributed by atoms with Gasteiger partial charge in [0.05, 0.1) is 12.2 Å². The Labute approximate surface area is 95.3 Å². The van der Waals surface area contributed by atoms with Gasteiger partial charge < -0.3 is 10.4 Å². The fraction of sp³-hybridized carbons (Fsp3) is 0.556. The molecule has 0 unspecified atom stereocenters. The quantitative estimate of drug-likeness (QED) is 0.840. The highest BCUT2D eigenvalue weighted by Crippen LogP contribution is 2.27. The molecule has 0 amide bonds. The number of hydrogen-bond acceptors (Lipinski definition) is 4. The molecule has 16 heavy (non-hydrogen) atoms. The molecule has 7 heteroatoms. The van der Waals surface area contributed by atoms with E-state index in [-0.39, 0.29) is 0 Å². The van der Waals surface area contributed by atoms with Gasteiger partial charge in [0.25, 0.3) is 6.43 Å². The number of nitrogens with one attached hydrogen (secondary N) is 1. The molecule has 0 aliphatic rings. The Bertz CT molecular complexity index is 379. The molecule has 1 rings (SSSR count). The Hall–Kier alpha value is -1.24. The van der Waals surface area contributed by atoms with Gasteiger partial charge in [-0.05, 0) is 13.8 Å². The average Bonchev–Trinajstić information content (AvgIpc) is 2.63. The van der Waals surface area contributed by atoms with Gasteiger partial charge in [-0.1, -0.05) is 0 Å². The van der Waals surface area contributed by atoms with E-state index in [0.29, 0.717) is 10.8 Å². The van der Waals surface area contributed by atoms with Crippen molar-refractivity contribution < 1.29 is 18.7 Å². The van der Waals surface area contributed by atoms with Crippen LogP contribution < -0.4 is 5.32 Å². The number of carbonyl (C=O) groups is 1. The van der Waals surface area contributed by atoms with E-state index < -0.39 is 24.4 Å². The summed E-state index contributed by atoms with van der Waals surface area (Å²) in [6.45, 7) is 2.54. The van der Waals surface area contributed by atoms with E-state index in [0.717, 1.165) is 11.3 Å². The van der Waals surface area contributed by atoms with Gasteiger partial charge in [0.15, 0.2) is 5.13 Å². The van der Waals surface area contributed by atoms with Crippen LogP contribution in [0.5, 0.6) is 0 Å². The smallest absolute Gasteiger partial charge is 0.315 e. The highest BCUT2D eigenvalue weighted by Gasteiger charge is 2.32. The fourth-order valence-corrected chi connectivity index (χ4v) is 1.80. The summed E-state index contributed by atoms with van der Waals surface area (Å²) in [5.74, 6) is -1.00. The first-order valence-electron chi connectivity index (χ1n) is 4.55. The van der Waals surface area contributed by atoms with Crippen molar-refractivity contribution in [3.63, 3.8) is 0 Å². The van der Waals surface area contributed by atoms with Crippen LogP contribution in [0.1, 0.15) is 19.5 Å². The molecule has 0 aliphatic carbocycles. The fourth-order valence-electron chi connectivity index (χ4n) is 0.916. The molecule has 0 spiro atoms. The Kier molecular flexibility index (Phi) is 3.79. The molecule has 0 saturated carbocycles. The van der Waals surface area contributed by atoms with E-state index >= 15 is 0 Å². The number of hydrogen-bond donors (Lipinski definition) is 2. The molecule has 1 heterocycles. The maximum atomic E-state index is 11.9. The van der Waals surface area contributed by atoms with Gasteiger partial charge in [-0.15, -0.1) is 11.3 Å². The lowest BCUT2D eigenvalue weighted by atomic mass is 9.90. The van der Waals surface area contributed by atoms with Crippen molar-refractivity contribution in [2.24, 2.45) is 0 Å². The number of aromatic nitrogens is 1. The van der Waals surface area contributed by atoms with Gasteiger partial charge in [-0.2, -0.15) is 0 Å². The zero-order valence-corrected chi connectivity index (χ0v) is 9.65. The van der Waals surface area contributed by atoms with Crippen LogP contribution in [0.4, 0.5) is 13.9 Å². The number of thiazole rings is 1. The SMILES string of the molecule is CC(C)(C(=O)O)c1csc(NCC(F)F)n1. The standard InChI is InChI=1S/C9H12F2N2O2S/c1-9(2,7(14)15)5-4-16-8(13-5)12-3-6(10)11/h4,6H,3H2,1-2H3,(H,12,13)(H,14,15). The van der Waals surface area contributed by atoms with E-state index in [1.807, 2.05) is 0 Å². The van der Waals surface area contributed by atoms with Crippen LogP contribution in [0.15, 0.2) is 5.38 Å². The first-order valence-corrected chi connectivity index (χ1v) is 5.43. The minimum atomic E-state index is -2.46. The van der Waals surface area contributed by atoms with Crippen molar-refractivity contribution in [3.05, 3.63) is 11.1 Å². The second-order valence-corrected chi connectivity index (χ2v) is 4.60.